The highest BCUT2D eigenvalue weighted by Crippen LogP contribution is 2.42. The molecule has 2 unspecified atom stereocenters. The van der Waals surface area contributed by atoms with Crippen molar-refractivity contribution in [2.45, 2.75) is 30.7 Å². The lowest BCUT2D eigenvalue weighted by Gasteiger charge is -2.27. The molecule has 2 atom stereocenters. The Hall–Kier alpha value is -0.0500. The topological polar surface area (TPSA) is 9.23 Å². The quantitative estimate of drug-likeness (QED) is 0.687. The molecule has 0 N–H and O–H groups in total. The fourth-order valence-corrected chi connectivity index (χ4v) is 2.98. The fraction of sp³-hybridized carbons (Fsp3) is 0.600. The third kappa shape index (κ3) is 1.76. The van der Waals surface area contributed by atoms with E-state index in [4.69, 9.17) is 16.3 Å². The van der Waals surface area contributed by atoms with Crippen molar-refractivity contribution in [1.29, 1.82) is 0 Å². The highest BCUT2D eigenvalue weighted by atomic mass is 35.5. The fourth-order valence-electron chi connectivity index (χ4n) is 1.74. The van der Waals surface area contributed by atoms with Crippen LogP contribution in [0.25, 0.3) is 0 Å². The molecule has 1 nitrogen and oxygen atoms in total. The zero-order valence-corrected chi connectivity index (χ0v) is 9.20. The zero-order valence-electron chi connectivity index (χ0n) is 7.63. The van der Waals surface area contributed by atoms with Gasteiger partial charge in [-0.15, -0.1) is 22.9 Å². The predicted octanol–water partition coefficient (Wildman–Crippen LogP) is 3.60. The number of halogens is 1. The van der Waals surface area contributed by atoms with E-state index >= 15 is 0 Å². The van der Waals surface area contributed by atoms with E-state index in [9.17, 15) is 0 Å². The number of thiophene rings is 1. The van der Waals surface area contributed by atoms with Crippen molar-refractivity contribution < 1.29 is 4.74 Å². The molecule has 72 valence electrons. The van der Waals surface area contributed by atoms with E-state index in [0.717, 1.165) is 19.4 Å². The van der Waals surface area contributed by atoms with Crippen LogP contribution in [-0.2, 0) is 4.74 Å². The van der Waals surface area contributed by atoms with Crippen LogP contribution in [0.2, 0.25) is 0 Å². The molecule has 1 fully saturated rings. The van der Waals surface area contributed by atoms with E-state index in [2.05, 4.69) is 18.4 Å². The summed E-state index contributed by atoms with van der Waals surface area (Å²) in [4.78, 5) is 1.21. The second-order valence-electron chi connectivity index (χ2n) is 3.64. The maximum atomic E-state index is 6.38. The molecular formula is C10H13ClOS. The van der Waals surface area contributed by atoms with Crippen LogP contribution in [0, 0.1) is 0 Å². The summed E-state index contributed by atoms with van der Waals surface area (Å²) < 4.78 is 5.70. The summed E-state index contributed by atoms with van der Waals surface area (Å²) in [7, 11) is 0. The summed E-state index contributed by atoms with van der Waals surface area (Å²) in [5.41, 5.74) is -0.146. The largest absolute Gasteiger partial charge is 0.373 e. The van der Waals surface area contributed by atoms with Gasteiger partial charge in [0.15, 0.2) is 0 Å². The molecule has 0 amide bonds. The lowest BCUT2D eigenvalue weighted by atomic mass is 9.97. The second kappa shape index (κ2) is 3.60. The van der Waals surface area contributed by atoms with Crippen LogP contribution in [0.15, 0.2) is 17.5 Å². The first-order chi connectivity index (χ1) is 6.22. The van der Waals surface area contributed by atoms with Crippen LogP contribution in [0.4, 0.5) is 0 Å². The van der Waals surface area contributed by atoms with Crippen LogP contribution in [0.1, 0.15) is 30.0 Å². The Morgan fingerprint density at radius 1 is 1.69 bits per heavy atom. The van der Waals surface area contributed by atoms with Gasteiger partial charge in [-0.25, -0.2) is 0 Å². The normalized spacial score (nSPS) is 30.6. The van der Waals surface area contributed by atoms with Crippen molar-refractivity contribution in [3.8, 4) is 0 Å². The summed E-state index contributed by atoms with van der Waals surface area (Å²) in [5, 5.41) is 2.07. The molecule has 3 heteroatoms. The highest BCUT2D eigenvalue weighted by Gasteiger charge is 2.38. The standard InChI is InChI=1S/C10H13ClOS/c1-10(5-3-6-12-10)9(11)8-4-2-7-13-8/h2,4,7,9H,3,5-6H2,1H3. The number of hydrogen-bond donors (Lipinski definition) is 0. The Balaban J connectivity index is 2.16. The number of alkyl halides is 1. The van der Waals surface area contributed by atoms with Crippen molar-refractivity contribution in [2.75, 3.05) is 6.61 Å². The minimum absolute atomic E-state index is 0.00926. The van der Waals surface area contributed by atoms with Gasteiger partial charge < -0.3 is 4.74 Å². The summed E-state index contributed by atoms with van der Waals surface area (Å²) in [6, 6.07) is 4.11. The van der Waals surface area contributed by atoms with Gasteiger partial charge in [-0.05, 0) is 31.2 Å². The maximum absolute atomic E-state index is 6.38. The Labute approximate surface area is 87.7 Å². The average molecular weight is 217 g/mol. The number of ether oxygens (including phenoxy) is 1. The van der Waals surface area contributed by atoms with Gasteiger partial charge in [0.2, 0.25) is 0 Å². The van der Waals surface area contributed by atoms with Crippen molar-refractivity contribution in [3.05, 3.63) is 22.4 Å². The van der Waals surface area contributed by atoms with Gasteiger partial charge in [-0.3, -0.25) is 0 Å². The van der Waals surface area contributed by atoms with Crippen LogP contribution in [0.5, 0.6) is 0 Å². The maximum Gasteiger partial charge on any atom is 0.0964 e. The summed E-state index contributed by atoms with van der Waals surface area (Å²) in [5.74, 6) is 0. The third-order valence-corrected chi connectivity index (χ3v) is 4.34. The predicted molar refractivity (Wildman–Crippen MR) is 56.5 cm³/mol. The van der Waals surface area contributed by atoms with Gasteiger partial charge in [0.25, 0.3) is 0 Å². The molecule has 2 heterocycles. The SMILES string of the molecule is CC1(C(Cl)c2cccs2)CCCO1. The van der Waals surface area contributed by atoms with Gasteiger partial charge in [0.05, 0.1) is 11.0 Å². The highest BCUT2D eigenvalue weighted by molar-refractivity contribution is 7.10. The van der Waals surface area contributed by atoms with Crippen LogP contribution >= 0.6 is 22.9 Å². The van der Waals surface area contributed by atoms with Gasteiger partial charge in [0, 0.05) is 11.5 Å². The van der Waals surface area contributed by atoms with E-state index in [1.807, 2.05) is 6.07 Å². The number of rotatable bonds is 2. The zero-order chi connectivity index (χ0) is 9.31. The Morgan fingerprint density at radius 2 is 2.54 bits per heavy atom. The molecule has 1 aromatic rings. The van der Waals surface area contributed by atoms with Gasteiger partial charge in [-0.1, -0.05) is 6.07 Å². The van der Waals surface area contributed by atoms with Crippen molar-refractivity contribution in [1.82, 2.24) is 0 Å². The molecule has 0 spiro atoms. The van der Waals surface area contributed by atoms with Crippen LogP contribution in [0.3, 0.4) is 0 Å². The van der Waals surface area contributed by atoms with E-state index in [0.29, 0.717) is 0 Å². The Morgan fingerprint density at radius 3 is 3.08 bits per heavy atom. The lowest BCUT2D eigenvalue weighted by molar-refractivity contribution is 0.0171. The average Bonchev–Trinajstić information content (AvgIpc) is 2.73. The van der Waals surface area contributed by atoms with Gasteiger partial charge in [0.1, 0.15) is 0 Å². The van der Waals surface area contributed by atoms with E-state index < -0.39 is 0 Å². The van der Waals surface area contributed by atoms with E-state index in [1.54, 1.807) is 11.3 Å². The molecule has 1 aromatic heterocycles. The first-order valence-corrected chi connectivity index (χ1v) is 5.85. The third-order valence-electron chi connectivity index (χ3n) is 2.58. The smallest absolute Gasteiger partial charge is 0.0964 e. The molecule has 0 aliphatic carbocycles. The van der Waals surface area contributed by atoms with Crippen molar-refractivity contribution in [2.24, 2.45) is 0 Å². The monoisotopic (exact) mass is 216 g/mol. The molecule has 1 aliphatic rings. The Bertz CT molecular complexity index is 264. The Kier molecular flexibility index (Phi) is 2.63. The van der Waals surface area contributed by atoms with E-state index in [-0.39, 0.29) is 11.0 Å². The first kappa shape index (κ1) is 9.50. The van der Waals surface area contributed by atoms with Crippen LogP contribution < -0.4 is 0 Å². The van der Waals surface area contributed by atoms with E-state index in [1.165, 1.54) is 4.88 Å². The molecule has 1 aliphatic heterocycles. The first-order valence-electron chi connectivity index (χ1n) is 4.54. The van der Waals surface area contributed by atoms with Gasteiger partial charge in [-0.2, -0.15) is 0 Å². The molecule has 13 heavy (non-hydrogen) atoms. The lowest BCUT2D eigenvalue weighted by Crippen LogP contribution is -2.28. The molecule has 0 saturated carbocycles. The molecule has 0 aromatic carbocycles. The van der Waals surface area contributed by atoms with Gasteiger partial charge >= 0.3 is 0 Å². The minimum atomic E-state index is -0.146. The second-order valence-corrected chi connectivity index (χ2v) is 5.06. The van der Waals surface area contributed by atoms with Crippen molar-refractivity contribution >= 4 is 22.9 Å². The minimum Gasteiger partial charge on any atom is -0.373 e. The molecule has 0 bridgehead atoms. The van der Waals surface area contributed by atoms with Crippen LogP contribution in [-0.4, -0.2) is 12.2 Å². The van der Waals surface area contributed by atoms with Crippen molar-refractivity contribution in [3.63, 3.8) is 0 Å². The molecule has 0 radical (unpaired) electrons. The summed E-state index contributed by atoms with van der Waals surface area (Å²) >= 11 is 8.08. The molecule has 1 saturated heterocycles. The molecule has 2 rings (SSSR count). The summed E-state index contributed by atoms with van der Waals surface area (Å²) in [6.45, 7) is 2.96. The molecular weight excluding hydrogens is 204 g/mol. The summed E-state index contributed by atoms with van der Waals surface area (Å²) in [6.07, 6.45) is 2.20. The number of hydrogen-bond acceptors (Lipinski definition) is 2.